The van der Waals surface area contributed by atoms with Crippen LogP contribution in [0.25, 0.3) is 0 Å². The third kappa shape index (κ3) is 3.18. The summed E-state index contributed by atoms with van der Waals surface area (Å²) >= 11 is 0. The maximum atomic E-state index is 11.0. The number of carbonyl (C=O) groups is 1. The van der Waals surface area contributed by atoms with Crippen LogP contribution >= 0.6 is 0 Å². The molecule has 88 valence electrons. The second-order valence-electron chi connectivity index (χ2n) is 4.95. The Morgan fingerprint density at radius 1 is 1.38 bits per heavy atom. The van der Waals surface area contributed by atoms with Crippen LogP contribution in [0.2, 0.25) is 0 Å². The first-order valence-electron chi connectivity index (χ1n) is 5.07. The van der Waals surface area contributed by atoms with E-state index in [0.717, 1.165) is 0 Å². The van der Waals surface area contributed by atoms with Crippen molar-refractivity contribution < 1.29 is 9.90 Å². The van der Waals surface area contributed by atoms with E-state index in [9.17, 15) is 4.79 Å². The predicted molar refractivity (Wildman–Crippen MR) is 61.7 cm³/mol. The van der Waals surface area contributed by atoms with Gasteiger partial charge in [-0.2, -0.15) is 0 Å². The molecule has 1 N–H and O–H groups in total. The van der Waals surface area contributed by atoms with Crippen molar-refractivity contribution in [2.24, 2.45) is 5.41 Å². The van der Waals surface area contributed by atoms with Crippen LogP contribution in [0.4, 0.5) is 5.82 Å². The number of aromatic nitrogens is 2. The molecule has 1 aromatic heterocycles. The monoisotopic (exact) mass is 223 g/mol. The van der Waals surface area contributed by atoms with Gasteiger partial charge in [0.1, 0.15) is 0 Å². The van der Waals surface area contributed by atoms with Gasteiger partial charge in [0.05, 0.1) is 0 Å². The molecule has 16 heavy (non-hydrogen) atoms. The van der Waals surface area contributed by atoms with E-state index in [0.29, 0.717) is 12.4 Å². The van der Waals surface area contributed by atoms with Crippen molar-refractivity contribution in [1.29, 1.82) is 0 Å². The Labute approximate surface area is 95.1 Å². The second-order valence-corrected chi connectivity index (χ2v) is 4.95. The zero-order chi connectivity index (χ0) is 12.3. The minimum absolute atomic E-state index is 0.00532. The van der Waals surface area contributed by atoms with Crippen LogP contribution < -0.4 is 4.90 Å². The normalized spacial score (nSPS) is 11.2. The molecule has 5 heteroatoms. The number of hydrogen-bond acceptors (Lipinski definition) is 4. The molecule has 0 spiro atoms. The lowest BCUT2D eigenvalue weighted by atomic mass is 9.96. The van der Waals surface area contributed by atoms with Crippen LogP contribution in [0, 0.1) is 5.41 Å². The van der Waals surface area contributed by atoms with Crippen molar-refractivity contribution in [3.8, 4) is 0 Å². The molecular weight excluding hydrogens is 206 g/mol. The summed E-state index contributed by atoms with van der Waals surface area (Å²) in [5, 5.41) is 8.98. The van der Waals surface area contributed by atoms with Gasteiger partial charge in [0.25, 0.3) is 0 Å². The summed E-state index contributed by atoms with van der Waals surface area (Å²) in [5.74, 6) is -0.645. The summed E-state index contributed by atoms with van der Waals surface area (Å²) in [6, 6.07) is 0. The van der Waals surface area contributed by atoms with E-state index in [1.54, 1.807) is 0 Å². The summed E-state index contributed by atoms with van der Waals surface area (Å²) in [7, 11) is 1.82. The number of hydrogen-bond donors (Lipinski definition) is 1. The Hall–Kier alpha value is -1.65. The molecule has 0 aliphatic carbocycles. The zero-order valence-corrected chi connectivity index (χ0v) is 10.1. The Morgan fingerprint density at radius 3 is 2.44 bits per heavy atom. The Balaban J connectivity index is 2.99. The number of carboxylic acid groups (broad SMARTS) is 1. The van der Waals surface area contributed by atoms with Gasteiger partial charge in [-0.15, -0.1) is 0 Å². The van der Waals surface area contributed by atoms with Crippen molar-refractivity contribution in [3.05, 3.63) is 18.1 Å². The van der Waals surface area contributed by atoms with E-state index in [1.165, 1.54) is 12.4 Å². The summed E-state index contributed by atoms with van der Waals surface area (Å²) < 4.78 is 0. The lowest BCUT2D eigenvalue weighted by Crippen LogP contribution is -2.31. The molecule has 0 radical (unpaired) electrons. The fourth-order valence-electron chi connectivity index (χ4n) is 1.55. The third-order valence-electron chi connectivity index (χ3n) is 1.95. The standard InChI is InChI=1S/C11H17N3O2/c1-11(2,3)7-14(4)9-8(10(15)16)12-5-6-13-9/h5-6H,7H2,1-4H3,(H,15,16). The maximum Gasteiger partial charge on any atom is 0.358 e. The first-order chi connectivity index (χ1) is 7.31. The predicted octanol–water partition coefficient (Wildman–Crippen LogP) is 1.66. The van der Waals surface area contributed by atoms with Gasteiger partial charge in [0.2, 0.25) is 0 Å². The first-order valence-corrected chi connectivity index (χ1v) is 5.07. The summed E-state index contributed by atoms with van der Waals surface area (Å²) in [6.07, 6.45) is 2.89. The Morgan fingerprint density at radius 2 is 1.94 bits per heavy atom. The molecule has 0 amide bonds. The topological polar surface area (TPSA) is 66.3 Å². The van der Waals surface area contributed by atoms with Gasteiger partial charge in [-0.25, -0.2) is 14.8 Å². The lowest BCUT2D eigenvalue weighted by molar-refractivity contribution is 0.0690. The quantitative estimate of drug-likeness (QED) is 0.844. The van der Waals surface area contributed by atoms with Crippen LogP contribution in [0.1, 0.15) is 31.3 Å². The van der Waals surface area contributed by atoms with Gasteiger partial charge < -0.3 is 10.0 Å². The van der Waals surface area contributed by atoms with Crippen LogP contribution in [-0.4, -0.2) is 34.6 Å². The van der Waals surface area contributed by atoms with Gasteiger partial charge in [0.15, 0.2) is 11.5 Å². The van der Waals surface area contributed by atoms with Gasteiger partial charge in [-0.3, -0.25) is 0 Å². The fraction of sp³-hybridized carbons (Fsp3) is 0.545. The van der Waals surface area contributed by atoms with Crippen LogP contribution in [0.15, 0.2) is 12.4 Å². The fourth-order valence-corrected chi connectivity index (χ4v) is 1.55. The van der Waals surface area contributed by atoms with E-state index >= 15 is 0 Å². The van der Waals surface area contributed by atoms with Gasteiger partial charge in [-0.1, -0.05) is 20.8 Å². The molecule has 0 atom stereocenters. The van der Waals surface area contributed by atoms with Crippen molar-refractivity contribution in [3.63, 3.8) is 0 Å². The van der Waals surface area contributed by atoms with Gasteiger partial charge >= 0.3 is 5.97 Å². The number of carboxylic acids is 1. The summed E-state index contributed by atoms with van der Waals surface area (Å²) in [5.41, 5.74) is 0.0661. The summed E-state index contributed by atoms with van der Waals surface area (Å²) in [6.45, 7) is 6.97. The highest BCUT2D eigenvalue weighted by Gasteiger charge is 2.20. The molecule has 1 rings (SSSR count). The minimum atomic E-state index is -1.05. The zero-order valence-electron chi connectivity index (χ0n) is 10.1. The number of aromatic carboxylic acids is 1. The third-order valence-corrected chi connectivity index (χ3v) is 1.95. The minimum Gasteiger partial charge on any atom is -0.476 e. The molecule has 0 fully saturated rings. The molecule has 0 saturated heterocycles. The molecule has 1 aromatic rings. The first kappa shape index (κ1) is 12.4. The molecule has 0 saturated carbocycles. The van der Waals surface area contributed by atoms with Crippen molar-refractivity contribution in [2.75, 3.05) is 18.5 Å². The van der Waals surface area contributed by atoms with Crippen molar-refractivity contribution in [1.82, 2.24) is 9.97 Å². The van der Waals surface area contributed by atoms with E-state index in [-0.39, 0.29) is 11.1 Å². The number of rotatable bonds is 3. The highest BCUT2D eigenvalue weighted by atomic mass is 16.4. The molecule has 1 heterocycles. The van der Waals surface area contributed by atoms with E-state index in [1.807, 2.05) is 11.9 Å². The Kier molecular flexibility index (Phi) is 3.47. The van der Waals surface area contributed by atoms with Crippen LogP contribution in [0.5, 0.6) is 0 Å². The average Bonchev–Trinajstić information content (AvgIpc) is 2.15. The molecule has 0 unspecified atom stereocenters. The second kappa shape index (κ2) is 4.47. The average molecular weight is 223 g/mol. The van der Waals surface area contributed by atoms with E-state index in [2.05, 4.69) is 30.7 Å². The molecule has 0 bridgehead atoms. The number of nitrogens with zero attached hydrogens (tertiary/aromatic N) is 3. The molecular formula is C11H17N3O2. The van der Waals surface area contributed by atoms with Crippen molar-refractivity contribution in [2.45, 2.75) is 20.8 Å². The lowest BCUT2D eigenvalue weighted by Gasteiger charge is -2.27. The maximum absolute atomic E-state index is 11.0. The largest absolute Gasteiger partial charge is 0.476 e. The van der Waals surface area contributed by atoms with Gasteiger partial charge in [-0.05, 0) is 5.41 Å². The van der Waals surface area contributed by atoms with Crippen LogP contribution in [0.3, 0.4) is 0 Å². The Bertz CT molecular complexity index is 385. The van der Waals surface area contributed by atoms with Crippen molar-refractivity contribution >= 4 is 11.8 Å². The summed E-state index contributed by atoms with van der Waals surface area (Å²) in [4.78, 5) is 20.7. The highest BCUT2D eigenvalue weighted by molar-refractivity contribution is 5.90. The molecule has 0 aliphatic heterocycles. The molecule has 5 nitrogen and oxygen atoms in total. The molecule has 0 aromatic carbocycles. The smallest absolute Gasteiger partial charge is 0.358 e. The molecule has 0 aliphatic rings. The van der Waals surface area contributed by atoms with E-state index in [4.69, 9.17) is 5.11 Å². The van der Waals surface area contributed by atoms with Gasteiger partial charge in [0, 0.05) is 26.0 Å². The van der Waals surface area contributed by atoms with Crippen LogP contribution in [-0.2, 0) is 0 Å². The highest BCUT2D eigenvalue weighted by Crippen LogP contribution is 2.20. The van der Waals surface area contributed by atoms with E-state index < -0.39 is 5.97 Å². The SMILES string of the molecule is CN(CC(C)(C)C)c1nccnc1C(=O)O. The number of anilines is 1.